The molecule has 4 heteroatoms. The predicted octanol–water partition coefficient (Wildman–Crippen LogP) is 11.5. The quantitative estimate of drug-likeness (QED) is 0.150. The molecule has 0 spiro atoms. The van der Waals surface area contributed by atoms with Crippen molar-refractivity contribution in [1.82, 2.24) is 4.98 Å². The molecule has 0 radical (unpaired) electrons. The van der Waals surface area contributed by atoms with Crippen LogP contribution in [0.1, 0.15) is 52.3 Å². The van der Waals surface area contributed by atoms with Gasteiger partial charge in [-0.15, -0.1) is 0 Å². The van der Waals surface area contributed by atoms with Crippen molar-refractivity contribution in [2.45, 2.75) is 25.4 Å². The van der Waals surface area contributed by atoms with Crippen LogP contribution in [-0.4, -0.2) is 20.3 Å². The van der Waals surface area contributed by atoms with Gasteiger partial charge in [-0.2, -0.15) is 0 Å². The van der Waals surface area contributed by atoms with Gasteiger partial charge in [-0.3, -0.25) is 0 Å². The molecule has 1 aliphatic rings. The molecule has 52 heavy (non-hydrogen) atoms. The minimum atomic E-state index is -0.675. The number of phenols is 2. The largest absolute Gasteiger partial charge is 0.508 e. The SMILES string of the molecule is CC(c1ccc2cc(O)ccc2c1)c1ccc2[nH]c3ccccc3c2c1.Oc1ccc2cc(C(O)c3ccc4c(c3)-c3ccccc3C4)ccc2c1. The highest BCUT2D eigenvalue weighted by atomic mass is 16.3. The normalized spacial score (nSPS) is 13.1. The van der Waals surface area contributed by atoms with Crippen LogP contribution in [0.25, 0.3) is 54.5 Å². The first-order valence-corrected chi connectivity index (χ1v) is 17.7. The van der Waals surface area contributed by atoms with Crippen molar-refractivity contribution in [3.63, 3.8) is 0 Å². The van der Waals surface area contributed by atoms with Crippen LogP contribution in [0, 0.1) is 0 Å². The number of hydrogen-bond acceptors (Lipinski definition) is 3. The van der Waals surface area contributed by atoms with E-state index in [0.717, 1.165) is 39.1 Å². The number of para-hydroxylation sites is 1. The molecule has 1 aliphatic carbocycles. The summed E-state index contributed by atoms with van der Waals surface area (Å²) in [6, 6.07) is 53.0. The molecule has 0 amide bonds. The van der Waals surface area contributed by atoms with Crippen LogP contribution in [0.4, 0.5) is 0 Å². The van der Waals surface area contributed by atoms with Gasteiger partial charge in [-0.05, 0) is 127 Å². The van der Waals surface area contributed by atoms with Crippen molar-refractivity contribution in [2.24, 2.45) is 0 Å². The minimum Gasteiger partial charge on any atom is -0.508 e. The fourth-order valence-electron chi connectivity index (χ4n) is 7.77. The van der Waals surface area contributed by atoms with Crippen LogP contribution in [0.2, 0.25) is 0 Å². The second kappa shape index (κ2) is 12.8. The topological polar surface area (TPSA) is 76.5 Å². The first kappa shape index (κ1) is 31.6. The number of aliphatic hydroxyl groups excluding tert-OH is 1. The minimum absolute atomic E-state index is 0.253. The molecule has 0 saturated heterocycles. The fourth-order valence-corrected chi connectivity index (χ4v) is 7.77. The summed E-state index contributed by atoms with van der Waals surface area (Å²) < 4.78 is 0. The average Bonchev–Trinajstić information content (AvgIpc) is 3.75. The number of aromatic hydroxyl groups is 2. The van der Waals surface area contributed by atoms with Crippen molar-refractivity contribution in [3.05, 3.63) is 191 Å². The van der Waals surface area contributed by atoms with Gasteiger partial charge >= 0.3 is 0 Å². The third-order valence-corrected chi connectivity index (χ3v) is 10.7. The van der Waals surface area contributed by atoms with Gasteiger partial charge in [0.15, 0.2) is 0 Å². The van der Waals surface area contributed by atoms with Gasteiger partial charge in [0, 0.05) is 27.7 Å². The van der Waals surface area contributed by atoms with Gasteiger partial charge < -0.3 is 20.3 Å². The molecule has 1 heterocycles. The summed E-state index contributed by atoms with van der Waals surface area (Å²) in [5.41, 5.74) is 11.9. The third kappa shape index (κ3) is 5.73. The van der Waals surface area contributed by atoms with Crippen LogP contribution in [-0.2, 0) is 6.42 Å². The molecule has 9 aromatic rings. The maximum Gasteiger partial charge on any atom is 0.116 e. The standard InChI is InChI=1S/C24H19NO.C24H18O2/c1-15(16-6-7-19-13-20(26)10-8-18(19)12-16)17-9-11-24-22(14-17)21-4-2-3-5-23(21)25-24;25-21-10-9-15-11-19(7-5-16(15)13-21)24(26)20-8-6-18-12-17-3-1-2-4-22(17)23(18)14-20/h2-15,25-26H,1H3;1-11,13-14,24-26H,12H2. The van der Waals surface area contributed by atoms with E-state index in [-0.39, 0.29) is 5.75 Å². The lowest BCUT2D eigenvalue weighted by atomic mass is 9.90. The zero-order chi connectivity index (χ0) is 35.3. The second-order valence-corrected chi connectivity index (χ2v) is 13.9. The highest BCUT2D eigenvalue weighted by Crippen LogP contribution is 2.39. The highest BCUT2D eigenvalue weighted by Gasteiger charge is 2.20. The van der Waals surface area contributed by atoms with E-state index in [9.17, 15) is 15.3 Å². The molecule has 2 unspecified atom stereocenters. The summed E-state index contributed by atoms with van der Waals surface area (Å²) in [5.74, 6) is 0.859. The van der Waals surface area contributed by atoms with Gasteiger partial charge in [0.25, 0.3) is 0 Å². The summed E-state index contributed by atoms with van der Waals surface area (Å²) in [4.78, 5) is 3.49. The van der Waals surface area contributed by atoms with Crippen LogP contribution in [0.3, 0.4) is 0 Å². The molecule has 10 rings (SSSR count). The zero-order valence-electron chi connectivity index (χ0n) is 28.7. The summed E-state index contributed by atoms with van der Waals surface area (Å²) in [6.07, 6.45) is 0.285. The van der Waals surface area contributed by atoms with Crippen molar-refractivity contribution < 1.29 is 15.3 Å². The van der Waals surface area contributed by atoms with Crippen molar-refractivity contribution in [1.29, 1.82) is 0 Å². The van der Waals surface area contributed by atoms with E-state index in [1.165, 1.54) is 55.2 Å². The third-order valence-electron chi connectivity index (χ3n) is 10.7. The Morgan fingerprint density at radius 3 is 1.79 bits per heavy atom. The monoisotopic (exact) mass is 675 g/mol. The molecule has 0 saturated carbocycles. The Labute approximate surface area is 301 Å². The Bertz CT molecular complexity index is 2800. The number of rotatable bonds is 4. The second-order valence-electron chi connectivity index (χ2n) is 13.9. The Morgan fingerprint density at radius 2 is 1.00 bits per heavy atom. The molecular formula is C48H37NO3. The molecule has 4 nitrogen and oxygen atoms in total. The lowest BCUT2D eigenvalue weighted by Gasteiger charge is -2.14. The Morgan fingerprint density at radius 1 is 0.462 bits per heavy atom. The van der Waals surface area contributed by atoms with Crippen molar-refractivity contribution in [3.8, 4) is 22.6 Å². The Kier molecular flexibility index (Phi) is 7.75. The molecule has 252 valence electrons. The summed E-state index contributed by atoms with van der Waals surface area (Å²) in [5, 5.41) is 36.9. The van der Waals surface area contributed by atoms with Gasteiger partial charge in [0.2, 0.25) is 0 Å². The van der Waals surface area contributed by atoms with Gasteiger partial charge in [-0.25, -0.2) is 0 Å². The molecule has 8 aromatic carbocycles. The van der Waals surface area contributed by atoms with E-state index in [2.05, 4.69) is 109 Å². The Balaban J connectivity index is 0.000000138. The molecular weight excluding hydrogens is 639 g/mol. The number of fused-ring (bicyclic) bond motifs is 8. The lowest BCUT2D eigenvalue weighted by Crippen LogP contribution is -2.00. The fraction of sp³-hybridized carbons (Fsp3) is 0.0833. The number of H-pyrrole nitrogens is 1. The van der Waals surface area contributed by atoms with E-state index in [1.807, 2.05) is 42.5 Å². The molecule has 0 bridgehead atoms. The van der Waals surface area contributed by atoms with Gasteiger partial charge in [0.1, 0.15) is 17.6 Å². The molecule has 1 aromatic heterocycles. The van der Waals surface area contributed by atoms with E-state index >= 15 is 0 Å². The first-order chi connectivity index (χ1) is 25.4. The number of aromatic nitrogens is 1. The van der Waals surface area contributed by atoms with Crippen molar-refractivity contribution >= 4 is 43.4 Å². The number of phenolic OH excluding ortho intramolecular Hbond substituents is 2. The van der Waals surface area contributed by atoms with Crippen LogP contribution in [0.15, 0.2) is 158 Å². The van der Waals surface area contributed by atoms with E-state index < -0.39 is 6.10 Å². The van der Waals surface area contributed by atoms with E-state index in [1.54, 1.807) is 18.2 Å². The lowest BCUT2D eigenvalue weighted by molar-refractivity contribution is 0.220. The predicted molar refractivity (Wildman–Crippen MR) is 213 cm³/mol. The van der Waals surface area contributed by atoms with Crippen LogP contribution < -0.4 is 0 Å². The summed E-state index contributed by atoms with van der Waals surface area (Å²) in [7, 11) is 0. The molecule has 0 aliphatic heterocycles. The molecule has 0 fully saturated rings. The van der Waals surface area contributed by atoms with E-state index in [4.69, 9.17) is 0 Å². The maximum atomic E-state index is 10.9. The summed E-state index contributed by atoms with van der Waals surface area (Å²) >= 11 is 0. The number of benzene rings is 8. The first-order valence-electron chi connectivity index (χ1n) is 17.7. The molecule has 4 N–H and O–H groups in total. The highest BCUT2D eigenvalue weighted by molar-refractivity contribution is 6.07. The maximum absolute atomic E-state index is 10.9. The van der Waals surface area contributed by atoms with Crippen LogP contribution >= 0.6 is 0 Å². The number of nitrogens with one attached hydrogen (secondary N) is 1. The smallest absolute Gasteiger partial charge is 0.116 e. The summed E-state index contributed by atoms with van der Waals surface area (Å²) in [6.45, 7) is 2.25. The number of aromatic amines is 1. The van der Waals surface area contributed by atoms with E-state index in [0.29, 0.717) is 11.7 Å². The number of aliphatic hydroxyl groups is 1. The van der Waals surface area contributed by atoms with Gasteiger partial charge in [-0.1, -0.05) is 110 Å². The molecule has 2 atom stereocenters. The van der Waals surface area contributed by atoms with Crippen LogP contribution in [0.5, 0.6) is 11.5 Å². The zero-order valence-corrected chi connectivity index (χ0v) is 28.7. The van der Waals surface area contributed by atoms with Crippen molar-refractivity contribution in [2.75, 3.05) is 0 Å². The Hall–Kier alpha value is -6.36. The van der Waals surface area contributed by atoms with Gasteiger partial charge in [0.05, 0.1) is 0 Å². The average molecular weight is 676 g/mol. The number of hydrogen-bond donors (Lipinski definition) is 4.